The zero-order valence-corrected chi connectivity index (χ0v) is 30.4. The van der Waals surface area contributed by atoms with E-state index in [1.54, 1.807) is 37.2 Å². The molecule has 0 amide bonds. The Balaban J connectivity index is 0.000000240. The first-order chi connectivity index (χ1) is 24.2. The molecular formula is C32H25F12N7P2Ru. The minimum atomic E-state index is -10.7. The molecule has 0 aliphatic carbocycles. The summed E-state index contributed by atoms with van der Waals surface area (Å²) in [6, 6.07) is 32.9. The Kier molecular flexibility index (Phi) is 13.6. The van der Waals surface area contributed by atoms with E-state index in [1.807, 2.05) is 103 Å². The number of halogens is 12. The zero-order valence-electron chi connectivity index (χ0n) is 26.8. The summed E-state index contributed by atoms with van der Waals surface area (Å²) >= 11 is 0. The molecule has 2 N–H and O–H groups in total. The quantitative estimate of drug-likeness (QED) is 0.0606. The van der Waals surface area contributed by atoms with Gasteiger partial charge in [-0.3, -0.25) is 29.9 Å². The minimum Gasteiger partial charge on any atom is -0.398 e. The zero-order chi connectivity index (χ0) is 39.5. The molecule has 0 unspecified atom stereocenters. The molecule has 7 rings (SSSR count). The number of nitrogens with zero attached hydrogens (tertiary/aromatic N) is 6. The molecule has 0 saturated heterocycles. The minimum absolute atomic E-state index is 0. The van der Waals surface area contributed by atoms with Gasteiger partial charge in [-0.15, -0.1) is 0 Å². The normalized spacial score (nSPS) is 13.3. The fourth-order valence-corrected chi connectivity index (χ4v) is 3.86. The van der Waals surface area contributed by atoms with Crippen molar-refractivity contribution in [1.82, 2.24) is 29.9 Å². The Labute approximate surface area is 311 Å². The molecule has 0 bridgehead atoms. The molecule has 0 radical (unpaired) electrons. The van der Waals surface area contributed by atoms with Crippen LogP contribution in [0.2, 0.25) is 0 Å². The van der Waals surface area contributed by atoms with Crippen LogP contribution in [0.3, 0.4) is 0 Å². The van der Waals surface area contributed by atoms with E-state index in [4.69, 9.17) is 5.73 Å². The molecule has 6 aromatic heterocycles. The Morgan fingerprint density at radius 2 is 0.667 bits per heavy atom. The molecule has 54 heavy (non-hydrogen) atoms. The number of anilines is 1. The van der Waals surface area contributed by atoms with Gasteiger partial charge in [0.05, 0.1) is 33.8 Å². The van der Waals surface area contributed by atoms with Crippen molar-refractivity contribution >= 4 is 43.1 Å². The van der Waals surface area contributed by atoms with Crippen molar-refractivity contribution in [3.8, 4) is 22.8 Å². The largest absolute Gasteiger partial charge is 2.00 e. The van der Waals surface area contributed by atoms with Crippen molar-refractivity contribution < 1.29 is 69.8 Å². The molecule has 1 aromatic carbocycles. The number of rotatable bonds is 2. The van der Waals surface area contributed by atoms with Gasteiger partial charge in [-0.05, 0) is 72.8 Å². The van der Waals surface area contributed by atoms with Crippen LogP contribution in [0.4, 0.5) is 56.1 Å². The number of nitrogen functional groups attached to an aromatic ring is 1. The summed E-state index contributed by atoms with van der Waals surface area (Å²) in [6.45, 7) is 0. The van der Waals surface area contributed by atoms with E-state index in [9.17, 15) is 50.4 Å². The first-order valence-electron chi connectivity index (χ1n) is 14.4. The maximum Gasteiger partial charge on any atom is 2.00 e. The van der Waals surface area contributed by atoms with Gasteiger partial charge in [0.15, 0.2) is 0 Å². The molecule has 7 nitrogen and oxygen atoms in total. The van der Waals surface area contributed by atoms with E-state index in [-0.39, 0.29) is 19.5 Å². The third-order valence-corrected chi connectivity index (χ3v) is 5.68. The first kappa shape index (κ1) is 45.2. The van der Waals surface area contributed by atoms with Gasteiger partial charge < -0.3 is 5.73 Å². The molecule has 22 heteroatoms. The number of fused-ring (bicyclic) bond motifs is 3. The van der Waals surface area contributed by atoms with Gasteiger partial charge >= 0.3 is 85.5 Å². The van der Waals surface area contributed by atoms with Crippen molar-refractivity contribution in [3.05, 3.63) is 140 Å². The summed E-state index contributed by atoms with van der Waals surface area (Å²) in [5.41, 5.74) is 12.1. The van der Waals surface area contributed by atoms with Crippen molar-refractivity contribution in [1.29, 1.82) is 0 Å². The summed E-state index contributed by atoms with van der Waals surface area (Å²) < 4.78 is 118. The van der Waals surface area contributed by atoms with Crippen LogP contribution in [0.5, 0.6) is 0 Å². The monoisotopic (exact) mass is 899 g/mol. The molecule has 0 aliphatic rings. The van der Waals surface area contributed by atoms with Crippen LogP contribution in [0, 0.1) is 0 Å². The number of aromatic nitrogens is 6. The molecule has 6 heterocycles. The average Bonchev–Trinajstić information content (AvgIpc) is 3.08. The van der Waals surface area contributed by atoms with Crippen LogP contribution in [0.1, 0.15) is 0 Å². The molecule has 0 spiro atoms. The summed E-state index contributed by atoms with van der Waals surface area (Å²) in [5, 5.41) is 1.99. The van der Waals surface area contributed by atoms with E-state index in [2.05, 4.69) is 29.9 Å². The van der Waals surface area contributed by atoms with Crippen molar-refractivity contribution in [3.63, 3.8) is 0 Å². The Hall–Kier alpha value is -4.92. The van der Waals surface area contributed by atoms with Crippen molar-refractivity contribution in [2.24, 2.45) is 0 Å². The average molecular weight is 899 g/mol. The maximum absolute atomic E-state index is 10.7. The fourth-order valence-electron chi connectivity index (χ4n) is 3.86. The smallest absolute Gasteiger partial charge is 0.398 e. The van der Waals surface area contributed by atoms with E-state index >= 15 is 0 Å². The van der Waals surface area contributed by atoms with Crippen molar-refractivity contribution in [2.45, 2.75) is 0 Å². The van der Waals surface area contributed by atoms with Gasteiger partial charge in [0.2, 0.25) is 0 Å². The topological polar surface area (TPSA) is 103 Å². The van der Waals surface area contributed by atoms with Crippen LogP contribution < -0.4 is 5.73 Å². The Bertz CT molecular complexity index is 2030. The Morgan fingerprint density at radius 3 is 0.981 bits per heavy atom. The first-order valence-corrected chi connectivity index (χ1v) is 18.4. The second kappa shape index (κ2) is 16.2. The van der Waals surface area contributed by atoms with Crippen LogP contribution in [0.15, 0.2) is 140 Å². The predicted octanol–water partition coefficient (Wildman–Crippen LogP) is 13.4. The van der Waals surface area contributed by atoms with Crippen LogP contribution in [0.25, 0.3) is 44.6 Å². The van der Waals surface area contributed by atoms with Gasteiger partial charge in [-0.2, -0.15) is 0 Å². The van der Waals surface area contributed by atoms with Crippen LogP contribution in [-0.4, -0.2) is 29.9 Å². The molecule has 0 saturated carbocycles. The second-order valence-corrected chi connectivity index (χ2v) is 14.1. The van der Waals surface area contributed by atoms with Gasteiger partial charge in [0.25, 0.3) is 0 Å². The van der Waals surface area contributed by atoms with Gasteiger partial charge in [-0.1, -0.05) is 30.3 Å². The Morgan fingerprint density at radius 1 is 0.370 bits per heavy atom. The molecule has 0 fully saturated rings. The molecule has 7 aromatic rings. The van der Waals surface area contributed by atoms with Crippen LogP contribution >= 0.6 is 15.6 Å². The molecule has 0 atom stereocenters. The molecule has 0 aliphatic heterocycles. The number of nitrogens with two attached hydrogens (primary N) is 1. The third-order valence-electron chi connectivity index (χ3n) is 5.68. The maximum atomic E-state index is 9.87. The second-order valence-electron chi connectivity index (χ2n) is 10.2. The van der Waals surface area contributed by atoms with Crippen molar-refractivity contribution in [2.75, 3.05) is 5.73 Å². The third kappa shape index (κ3) is 21.0. The molecular weight excluding hydrogens is 873 g/mol. The van der Waals surface area contributed by atoms with Crippen LogP contribution in [-0.2, 0) is 19.5 Å². The van der Waals surface area contributed by atoms with E-state index in [0.717, 1.165) is 50.3 Å². The van der Waals surface area contributed by atoms with E-state index < -0.39 is 15.6 Å². The number of pyridine rings is 6. The van der Waals surface area contributed by atoms with Gasteiger partial charge in [0.1, 0.15) is 0 Å². The van der Waals surface area contributed by atoms with E-state index in [1.165, 1.54) is 0 Å². The summed E-state index contributed by atoms with van der Waals surface area (Å²) in [6.07, 6.45) is 10.6. The van der Waals surface area contributed by atoms with Gasteiger partial charge in [0, 0.05) is 53.6 Å². The summed E-state index contributed by atoms with van der Waals surface area (Å²) in [4.78, 5) is 25.4. The van der Waals surface area contributed by atoms with E-state index in [0.29, 0.717) is 0 Å². The van der Waals surface area contributed by atoms with Gasteiger partial charge in [-0.25, -0.2) is 0 Å². The number of hydrogen-bond donors (Lipinski definition) is 1. The standard InChI is InChI=1S/C12H9N3.2C10H8N2.2F6P.Ru/c13-10-7-8-3-1-5-14-11(8)12-9(10)4-2-6-15-12;2*1-3-7-11-9(5-1)10-6-2-4-8-12-10;2*1-7(2,3,4,5)6;/h1-7H,13H2;2*1-8H;;;/q;;;2*-1;+2. The number of hydrogen-bond acceptors (Lipinski definition) is 7. The SMILES string of the molecule is F[P-](F)(F)(F)(F)F.F[P-](F)(F)(F)(F)F.Nc1cc2cccnc2c2ncccc12.[Ru+2].c1ccc(-c2ccccn2)nc1.c1ccc(-c2ccccn2)nc1. The fraction of sp³-hybridized carbons (Fsp3) is 0. The summed E-state index contributed by atoms with van der Waals surface area (Å²) in [7, 11) is -21.3. The number of benzene rings is 1. The molecule has 290 valence electrons. The predicted molar refractivity (Wildman–Crippen MR) is 184 cm³/mol. The summed E-state index contributed by atoms with van der Waals surface area (Å²) in [5.74, 6) is 0.